The van der Waals surface area contributed by atoms with E-state index in [0.717, 1.165) is 32.1 Å². The lowest BCUT2D eigenvalue weighted by Crippen LogP contribution is -2.16. The van der Waals surface area contributed by atoms with Gasteiger partial charge in [-0.2, -0.15) is 0 Å². The van der Waals surface area contributed by atoms with Crippen LogP contribution in [-0.4, -0.2) is 29.7 Å². The van der Waals surface area contributed by atoms with E-state index in [4.69, 9.17) is 4.74 Å². The topological polar surface area (TPSA) is 67.0 Å². The average Bonchev–Trinajstić information content (AvgIpc) is 3.12. The predicted octanol–water partition coefficient (Wildman–Crippen LogP) is 1.60. The van der Waals surface area contributed by atoms with Gasteiger partial charge in [0, 0.05) is 19.8 Å². The van der Waals surface area contributed by atoms with Crippen molar-refractivity contribution in [2.24, 2.45) is 5.92 Å². The van der Waals surface area contributed by atoms with Crippen molar-refractivity contribution in [3.8, 4) is 0 Å². The zero-order valence-electron chi connectivity index (χ0n) is 9.54. The number of hydrogen-bond donors (Lipinski definition) is 2. The molecule has 2 N–H and O–H groups in total. The van der Waals surface area contributed by atoms with E-state index in [1.807, 2.05) is 22.6 Å². The van der Waals surface area contributed by atoms with Crippen molar-refractivity contribution in [1.29, 1.82) is 0 Å². The number of aromatic nitrogens is 2. The van der Waals surface area contributed by atoms with E-state index in [1.165, 1.54) is 19.2 Å². The number of halogens is 1. The molecule has 1 aliphatic rings. The van der Waals surface area contributed by atoms with Gasteiger partial charge in [0.2, 0.25) is 0 Å². The highest BCUT2D eigenvalue weighted by atomic mass is 127. The first kappa shape index (κ1) is 12.8. The van der Waals surface area contributed by atoms with Gasteiger partial charge in [-0.3, -0.25) is 4.79 Å². The minimum absolute atomic E-state index is 0.104. The zero-order valence-corrected chi connectivity index (χ0v) is 11.7. The van der Waals surface area contributed by atoms with Crippen LogP contribution in [0.5, 0.6) is 0 Å². The molecule has 2 rings (SSSR count). The van der Waals surface area contributed by atoms with E-state index >= 15 is 0 Å². The Kier molecular flexibility index (Phi) is 4.78. The third kappa shape index (κ3) is 4.27. The number of rotatable bonds is 7. The van der Waals surface area contributed by atoms with Crippen LogP contribution in [0, 0.1) is 9.49 Å². The van der Waals surface area contributed by atoms with Crippen molar-refractivity contribution in [2.45, 2.75) is 19.3 Å². The summed E-state index contributed by atoms with van der Waals surface area (Å²) in [5, 5.41) is 3.14. The van der Waals surface area contributed by atoms with Crippen LogP contribution in [-0.2, 0) is 4.74 Å². The van der Waals surface area contributed by atoms with Crippen LogP contribution in [0.4, 0.5) is 5.82 Å². The second kappa shape index (κ2) is 6.34. The molecule has 0 spiro atoms. The molecule has 0 aliphatic heterocycles. The molecule has 5 nitrogen and oxygen atoms in total. The molecular weight excluding hydrogens is 333 g/mol. The molecule has 1 aliphatic carbocycles. The number of aromatic amines is 1. The number of nitrogens with zero attached hydrogens (tertiary/aromatic N) is 1. The van der Waals surface area contributed by atoms with E-state index < -0.39 is 0 Å². The smallest absolute Gasteiger partial charge is 0.266 e. The van der Waals surface area contributed by atoms with Crippen molar-refractivity contribution >= 4 is 28.4 Å². The van der Waals surface area contributed by atoms with Crippen LogP contribution in [0.15, 0.2) is 11.1 Å². The van der Waals surface area contributed by atoms with Gasteiger partial charge in [0.15, 0.2) is 0 Å². The monoisotopic (exact) mass is 349 g/mol. The Morgan fingerprint density at radius 2 is 2.41 bits per heavy atom. The lowest BCUT2D eigenvalue weighted by molar-refractivity contribution is 0.124. The van der Waals surface area contributed by atoms with Gasteiger partial charge in [-0.1, -0.05) is 0 Å². The summed E-state index contributed by atoms with van der Waals surface area (Å²) in [6.07, 6.45) is 4.99. The highest BCUT2D eigenvalue weighted by Crippen LogP contribution is 2.28. The highest BCUT2D eigenvalue weighted by molar-refractivity contribution is 14.1. The molecule has 0 atom stereocenters. The lowest BCUT2D eigenvalue weighted by atomic mass is 10.4. The Morgan fingerprint density at radius 3 is 3.18 bits per heavy atom. The first-order chi connectivity index (χ1) is 8.27. The fraction of sp³-hybridized carbons (Fsp3) is 0.636. The first-order valence-corrected chi connectivity index (χ1v) is 6.90. The van der Waals surface area contributed by atoms with Gasteiger partial charge in [-0.15, -0.1) is 0 Å². The maximum atomic E-state index is 11.3. The summed E-state index contributed by atoms with van der Waals surface area (Å²) < 4.78 is 6.12. The van der Waals surface area contributed by atoms with Gasteiger partial charge in [0.1, 0.15) is 9.39 Å². The number of ether oxygens (including phenoxy) is 1. The molecule has 0 amide bonds. The van der Waals surface area contributed by atoms with Gasteiger partial charge in [0.05, 0.1) is 6.33 Å². The largest absolute Gasteiger partial charge is 0.381 e. The molecule has 94 valence electrons. The number of anilines is 1. The molecule has 1 aromatic rings. The summed E-state index contributed by atoms with van der Waals surface area (Å²) in [6.45, 7) is 2.45. The summed E-state index contributed by atoms with van der Waals surface area (Å²) in [6, 6.07) is 0. The summed E-state index contributed by atoms with van der Waals surface area (Å²) in [4.78, 5) is 17.9. The van der Waals surface area contributed by atoms with Gasteiger partial charge >= 0.3 is 0 Å². The summed E-state index contributed by atoms with van der Waals surface area (Å²) in [7, 11) is 0. The molecule has 1 saturated carbocycles. The fourth-order valence-electron chi connectivity index (χ4n) is 1.42. The van der Waals surface area contributed by atoms with Crippen molar-refractivity contribution in [2.75, 3.05) is 25.1 Å². The highest BCUT2D eigenvalue weighted by Gasteiger charge is 2.20. The maximum absolute atomic E-state index is 11.3. The van der Waals surface area contributed by atoms with Crippen LogP contribution in [0.1, 0.15) is 19.3 Å². The molecule has 1 fully saturated rings. The Morgan fingerprint density at radius 1 is 1.59 bits per heavy atom. The van der Waals surface area contributed by atoms with Crippen molar-refractivity contribution in [1.82, 2.24) is 9.97 Å². The van der Waals surface area contributed by atoms with E-state index in [0.29, 0.717) is 9.39 Å². The number of nitrogens with one attached hydrogen (secondary N) is 2. The second-order valence-corrected chi connectivity index (χ2v) is 5.27. The summed E-state index contributed by atoms with van der Waals surface area (Å²) in [5.74, 6) is 1.47. The fourth-order valence-corrected chi connectivity index (χ4v) is 1.91. The normalized spacial score (nSPS) is 14.9. The number of H-pyrrole nitrogens is 1. The van der Waals surface area contributed by atoms with Crippen LogP contribution >= 0.6 is 22.6 Å². The van der Waals surface area contributed by atoms with E-state index in [2.05, 4.69) is 15.3 Å². The molecule has 1 aromatic heterocycles. The molecule has 1 heterocycles. The van der Waals surface area contributed by atoms with Crippen LogP contribution in [0.3, 0.4) is 0 Å². The van der Waals surface area contributed by atoms with Crippen molar-refractivity contribution in [3.05, 3.63) is 20.3 Å². The maximum Gasteiger partial charge on any atom is 0.266 e. The molecule has 0 aromatic carbocycles. The Bertz CT molecular complexity index is 417. The lowest BCUT2D eigenvalue weighted by Gasteiger charge is -2.06. The van der Waals surface area contributed by atoms with E-state index in [-0.39, 0.29) is 5.56 Å². The minimum Gasteiger partial charge on any atom is -0.381 e. The third-order valence-electron chi connectivity index (χ3n) is 2.60. The third-order valence-corrected chi connectivity index (χ3v) is 3.61. The van der Waals surface area contributed by atoms with Crippen LogP contribution in [0.25, 0.3) is 0 Å². The zero-order chi connectivity index (χ0) is 12.1. The van der Waals surface area contributed by atoms with E-state index in [9.17, 15) is 4.79 Å². The quantitative estimate of drug-likeness (QED) is 0.580. The average molecular weight is 349 g/mol. The SMILES string of the molecule is O=c1[nH]cnc(NCCCOCC2CC2)c1I. The van der Waals surface area contributed by atoms with Crippen molar-refractivity contribution < 1.29 is 4.74 Å². The molecule has 17 heavy (non-hydrogen) atoms. The van der Waals surface area contributed by atoms with Gasteiger partial charge < -0.3 is 15.0 Å². The Hall–Kier alpha value is -0.630. The van der Waals surface area contributed by atoms with Gasteiger partial charge in [-0.25, -0.2) is 4.98 Å². The van der Waals surface area contributed by atoms with Gasteiger partial charge in [0.25, 0.3) is 5.56 Å². The predicted molar refractivity (Wildman–Crippen MR) is 74.2 cm³/mol. The summed E-state index contributed by atoms with van der Waals surface area (Å²) in [5.41, 5.74) is -0.104. The van der Waals surface area contributed by atoms with Gasteiger partial charge in [-0.05, 0) is 47.8 Å². The molecule has 0 bridgehead atoms. The summed E-state index contributed by atoms with van der Waals surface area (Å²) >= 11 is 1.99. The minimum atomic E-state index is -0.104. The Balaban J connectivity index is 1.63. The van der Waals surface area contributed by atoms with E-state index in [1.54, 1.807) is 0 Å². The molecule has 0 saturated heterocycles. The molecule has 0 unspecified atom stereocenters. The standard InChI is InChI=1S/C11H16IN3O2/c12-9-10(14-7-15-11(9)16)13-4-1-5-17-6-8-2-3-8/h7-8H,1-6H2,(H2,13,14,15,16). The van der Waals surface area contributed by atoms with Crippen LogP contribution < -0.4 is 10.9 Å². The van der Waals surface area contributed by atoms with Crippen molar-refractivity contribution in [3.63, 3.8) is 0 Å². The number of hydrogen-bond acceptors (Lipinski definition) is 4. The molecular formula is C11H16IN3O2. The Labute approximate surface area is 114 Å². The molecule has 6 heteroatoms. The second-order valence-electron chi connectivity index (χ2n) is 4.19. The first-order valence-electron chi connectivity index (χ1n) is 5.82. The molecule has 0 radical (unpaired) electrons. The van der Waals surface area contributed by atoms with Crippen LogP contribution in [0.2, 0.25) is 0 Å².